The minimum Gasteiger partial charge on any atom is -0.507 e. The number of carbonyl (C=O) groups excluding carboxylic acids is 2. The van der Waals surface area contributed by atoms with E-state index in [-0.39, 0.29) is 23.1 Å². The SMILES string of the molecule is CC(=O)Nc1ccc(S(=O)(=O)N(CC(=O)N/N=C\c2ccccc2O)Cc2ccccc2)cc1. The lowest BCUT2D eigenvalue weighted by molar-refractivity contribution is -0.121. The van der Waals surface area contributed by atoms with Gasteiger partial charge >= 0.3 is 0 Å². The van der Waals surface area contributed by atoms with Crippen LogP contribution in [-0.4, -0.2) is 42.4 Å². The van der Waals surface area contributed by atoms with Crippen molar-refractivity contribution in [1.82, 2.24) is 9.73 Å². The Kier molecular flexibility index (Phi) is 8.12. The molecule has 0 atom stereocenters. The Labute approximate surface area is 197 Å². The maximum absolute atomic E-state index is 13.3. The molecule has 0 heterocycles. The number of carbonyl (C=O) groups is 2. The van der Waals surface area contributed by atoms with Crippen LogP contribution < -0.4 is 10.7 Å². The molecule has 0 radical (unpaired) electrons. The van der Waals surface area contributed by atoms with Crippen molar-refractivity contribution in [3.8, 4) is 5.75 Å². The van der Waals surface area contributed by atoms with Crippen LogP contribution in [0.1, 0.15) is 18.1 Å². The third-order valence-corrected chi connectivity index (χ3v) is 6.47. The third-order valence-electron chi connectivity index (χ3n) is 4.66. The van der Waals surface area contributed by atoms with E-state index in [1.54, 1.807) is 42.5 Å². The monoisotopic (exact) mass is 480 g/mol. The van der Waals surface area contributed by atoms with Gasteiger partial charge in [0, 0.05) is 24.7 Å². The zero-order valence-electron chi connectivity index (χ0n) is 18.4. The molecule has 0 spiro atoms. The predicted octanol–water partition coefficient (Wildman–Crippen LogP) is 2.69. The Morgan fingerprint density at radius 3 is 2.26 bits per heavy atom. The van der Waals surface area contributed by atoms with Crippen LogP contribution in [0, 0.1) is 0 Å². The Balaban J connectivity index is 1.79. The molecule has 3 aromatic carbocycles. The summed E-state index contributed by atoms with van der Waals surface area (Å²) in [5, 5.41) is 16.2. The molecule has 3 N–H and O–H groups in total. The molecule has 0 saturated heterocycles. The number of hydrazone groups is 1. The number of hydrogen-bond acceptors (Lipinski definition) is 6. The van der Waals surface area contributed by atoms with Gasteiger partial charge in [0.2, 0.25) is 15.9 Å². The summed E-state index contributed by atoms with van der Waals surface area (Å²) in [6.07, 6.45) is 1.27. The number of phenols is 1. The highest BCUT2D eigenvalue weighted by molar-refractivity contribution is 7.89. The molecule has 0 unspecified atom stereocenters. The van der Waals surface area contributed by atoms with E-state index in [1.807, 2.05) is 6.07 Å². The number of rotatable bonds is 9. The van der Waals surface area contributed by atoms with E-state index in [0.717, 1.165) is 4.31 Å². The quantitative estimate of drug-likeness (QED) is 0.320. The average Bonchev–Trinajstić information content (AvgIpc) is 2.80. The standard InChI is InChI=1S/C24H24N4O5S/c1-18(29)26-21-11-13-22(14-12-21)34(32,33)28(16-19-7-3-2-4-8-19)17-24(31)27-25-15-20-9-5-6-10-23(20)30/h2-15,30H,16-17H2,1H3,(H,26,29)(H,27,31)/b25-15-. The van der Waals surface area contributed by atoms with Gasteiger partial charge in [-0.15, -0.1) is 0 Å². The first-order valence-electron chi connectivity index (χ1n) is 10.3. The van der Waals surface area contributed by atoms with E-state index < -0.39 is 22.5 Å². The van der Waals surface area contributed by atoms with E-state index in [4.69, 9.17) is 0 Å². The number of sulfonamides is 1. The molecule has 0 aromatic heterocycles. The minimum atomic E-state index is -4.06. The van der Waals surface area contributed by atoms with Crippen molar-refractivity contribution in [2.45, 2.75) is 18.4 Å². The molecule has 3 aromatic rings. The van der Waals surface area contributed by atoms with Crippen molar-refractivity contribution in [2.75, 3.05) is 11.9 Å². The minimum absolute atomic E-state index is 0.00325. The summed E-state index contributed by atoms with van der Waals surface area (Å²) < 4.78 is 27.7. The highest BCUT2D eigenvalue weighted by atomic mass is 32.2. The Hall–Kier alpha value is -4.02. The highest BCUT2D eigenvalue weighted by Gasteiger charge is 2.27. The van der Waals surface area contributed by atoms with Gasteiger partial charge in [-0.3, -0.25) is 9.59 Å². The van der Waals surface area contributed by atoms with Gasteiger partial charge < -0.3 is 10.4 Å². The molecule has 0 saturated carbocycles. The van der Waals surface area contributed by atoms with Crippen molar-refractivity contribution in [2.24, 2.45) is 5.10 Å². The number of anilines is 1. The van der Waals surface area contributed by atoms with Crippen molar-refractivity contribution < 1.29 is 23.1 Å². The molecule has 0 aliphatic rings. The van der Waals surface area contributed by atoms with Crippen molar-refractivity contribution in [1.29, 1.82) is 0 Å². The molecular formula is C24H24N4O5S. The van der Waals surface area contributed by atoms with Gasteiger partial charge in [0.05, 0.1) is 17.7 Å². The zero-order valence-corrected chi connectivity index (χ0v) is 19.2. The largest absolute Gasteiger partial charge is 0.507 e. The van der Waals surface area contributed by atoms with Gasteiger partial charge in [-0.1, -0.05) is 42.5 Å². The predicted molar refractivity (Wildman–Crippen MR) is 129 cm³/mol. The van der Waals surface area contributed by atoms with E-state index >= 15 is 0 Å². The van der Waals surface area contributed by atoms with Gasteiger partial charge in [-0.2, -0.15) is 9.41 Å². The second-order valence-electron chi connectivity index (χ2n) is 7.32. The van der Waals surface area contributed by atoms with E-state index in [2.05, 4.69) is 15.8 Å². The molecule has 176 valence electrons. The van der Waals surface area contributed by atoms with Gasteiger partial charge in [0.1, 0.15) is 5.75 Å². The van der Waals surface area contributed by atoms with Crippen LogP contribution >= 0.6 is 0 Å². The zero-order chi connectivity index (χ0) is 24.6. The first-order valence-corrected chi connectivity index (χ1v) is 11.7. The molecule has 34 heavy (non-hydrogen) atoms. The number of aromatic hydroxyl groups is 1. The summed E-state index contributed by atoms with van der Waals surface area (Å²) in [4.78, 5) is 23.7. The molecule has 0 aliphatic carbocycles. The fraction of sp³-hybridized carbons (Fsp3) is 0.125. The number of nitrogens with zero attached hydrogens (tertiary/aromatic N) is 2. The molecule has 0 aliphatic heterocycles. The number of phenolic OH excluding ortho intramolecular Hbond substituents is 1. The van der Waals surface area contributed by atoms with Crippen LogP contribution in [0.5, 0.6) is 5.75 Å². The molecular weight excluding hydrogens is 456 g/mol. The van der Waals surface area contributed by atoms with Crippen LogP contribution in [0.25, 0.3) is 0 Å². The summed E-state index contributed by atoms with van der Waals surface area (Å²) in [5.74, 6) is -0.931. The number of hydrogen-bond donors (Lipinski definition) is 3. The highest BCUT2D eigenvalue weighted by Crippen LogP contribution is 2.20. The fourth-order valence-corrected chi connectivity index (χ4v) is 4.43. The van der Waals surface area contributed by atoms with Crippen LogP contribution in [0.3, 0.4) is 0 Å². The van der Waals surface area contributed by atoms with Crippen LogP contribution in [-0.2, 0) is 26.2 Å². The molecule has 0 fully saturated rings. The molecule has 3 rings (SSSR count). The first kappa shape index (κ1) is 24.6. The lowest BCUT2D eigenvalue weighted by atomic mass is 10.2. The Bertz CT molecular complexity index is 1280. The average molecular weight is 481 g/mol. The molecule has 10 heteroatoms. The number of benzene rings is 3. The fourth-order valence-electron chi connectivity index (χ4n) is 3.04. The summed E-state index contributed by atoms with van der Waals surface area (Å²) >= 11 is 0. The molecule has 9 nitrogen and oxygen atoms in total. The van der Waals surface area contributed by atoms with E-state index in [1.165, 1.54) is 43.5 Å². The van der Waals surface area contributed by atoms with Crippen LogP contribution in [0.4, 0.5) is 5.69 Å². The second-order valence-corrected chi connectivity index (χ2v) is 9.25. The second kappa shape index (κ2) is 11.2. The van der Waals surface area contributed by atoms with Crippen molar-refractivity contribution in [3.05, 3.63) is 90.0 Å². The van der Waals surface area contributed by atoms with Gasteiger partial charge in [-0.05, 0) is 42.0 Å². The smallest absolute Gasteiger partial charge is 0.255 e. The van der Waals surface area contributed by atoms with Gasteiger partial charge in [0.15, 0.2) is 0 Å². The summed E-state index contributed by atoms with van der Waals surface area (Å²) in [6, 6.07) is 21.0. The third kappa shape index (κ3) is 6.74. The summed E-state index contributed by atoms with van der Waals surface area (Å²) in [6.45, 7) is 0.836. The maximum atomic E-state index is 13.3. The molecule has 0 bridgehead atoms. The number of nitrogens with one attached hydrogen (secondary N) is 2. The lowest BCUT2D eigenvalue weighted by Crippen LogP contribution is -2.39. The summed E-state index contributed by atoms with van der Waals surface area (Å²) in [5.41, 5.74) is 3.85. The lowest BCUT2D eigenvalue weighted by Gasteiger charge is -2.21. The van der Waals surface area contributed by atoms with Crippen molar-refractivity contribution >= 4 is 33.7 Å². The topological polar surface area (TPSA) is 128 Å². The summed E-state index contributed by atoms with van der Waals surface area (Å²) in [7, 11) is -4.06. The Morgan fingerprint density at radius 2 is 1.62 bits per heavy atom. The van der Waals surface area contributed by atoms with Crippen LogP contribution in [0.2, 0.25) is 0 Å². The van der Waals surface area contributed by atoms with E-state index in [9.17, 15) is 23.1 Å². The van der Waals surface area contributed by atoms with E-state index in [0.29, 0.717) is 16.8 Å². The number of para-hydroxylation sites is 1. The first-order chi connectivity index (χ1) is 16.3. The van der Waals surface area contributed by atoms with Crippen molar-refractivity contribution in [3.63, 3.8) is 0 Å². The van der Waals surface area contributed by atoms with Gasteiger partial charge in [0.25, 0.3) is 5.91 Å². The normalized spacial score (nSPS) is 11.5. The maximum Gasteiger partial charge on any atom is 0.255 e. The Morgan fingerprint density at radius 1 is 0.971 bits per heavy atom. The van der Waals surface area contributed by atoms with Crippen LogP contribution in [0.15, 0.2) is 88.9 Å². The molecule has 2 amide bonds. The van der Waals surface area contributed by atoms with Gasteiger partial charge in [-0.25, -0.2) is 13.8 Å². The number of amides is 2.